The number of benzene rings is 1. The van der Waals surface area contributed by atoms with Crippen LogP contribution in [0.25, 0.3) is 5.69 Å². The van der Waals surface area contributed by atoms with Gasteiger partial charge in [-0.3, -0.25) is 4.18 Å². The van der Waals surface area contributed by atoms with E-state index in [4.69, 9.17) is 4.18 Å². The van der Waals surface area contributed by atoms with E-state index in [-0.39, 0.29) is 11.0 Å². The predicted octanol–water partition coefficient (Wildman–Crippen LogP) is 1.99. The lowest BCUT2D eigenvalue weighted by Crippen LogP contribution is -2.12. The maximum atomic E-state index is 11.8. The van der Waals surface area contributed by atoms with E-state index in [9.17, 15) is 8.42 Å². The minimum Gasteiger partial charge on any atom is -0.264 e. The van der Waals surface area contributed by atoms with Gasteiger partial charge in [-0.05, 0) is 44.2 Å². The molecule has 0 saturated heterocycles. The fraction of sp³-hybridized carbons (Fsp3) is 0.250. The molecule has 2 rings (SSSR count). The van der Waals surface area contributed by atoms with Crippen LogP contribution >= 0.6 is 0 Å². The summed E-state index contributed by atoms with van der Waals surface area (Å²) in [4.78, 5) is 0.145. The van der Waals surface area contributed by atoms with Crippen molar-refractivity contribution in [2.45, 2.75) is 24.8 Å². The third-order valence-corrected chi connectivity index (χ3v) is 3.70. The van der Waals surface area contributed by atoms with Crippen LogP contribution in [0.2, 0.25) is 0 Å². The van der Waals surface area contributed by atoms with Gasteiger partial charge in [0.25, 0.3) is 10.1 Å². The van der Waals surface area contributed by atoms with Gasteiger partial charge >= 0.3 is 0 Å². The van der Waals surface area contributed by atoms with E-state index in [0.717, 1.165) is 5.69 Å². The van der Waals surface area contributed by atoms with E-state index >= 15 is 0 Å². The van der Waals surface area contributed by atoms with Gasteiger partial charge in [0.2, 0.25) is 0 Å². The molecule has 1 heterocycles. The molecule has 1 aromatic heterocycles. The van der Waals surface area contributed by atoms with Crippen LogP contribution < -0.4 is 0 Å². The van der Waals surface area contributed by atoms with E-state index in [0.29, 0.717) is 0 Å². The Morgan fingerprint density at radius 3 is 2.39 bits per heavy atom. The van der Waals surface area contributed by atoms with E-state index < -0.39 is 10.1 Å². The zero-order valence-corrected chi connectivity index (χ0v) is 11.0. The smallest absolute Gasteiger partial charge is 0.264 e. The van der Waals surface area contributed by atoms with Crippen LogP contribution in [-0.4, -0.2) is 24.3 Å². The molecular formula is C12H14N2O3S. The summed E-state index contributed by atoms with van der Waals surface area (Å²) >= 11 is 0. The minimum atomic E-state index is -3.67. The molecule has 0 atom stereocenters. The fourth-order valence-corrected chi connectivity index (χ4v) is 2.58. The lowest BCUT2D eigenvalue weighted by Gasteiger charge is -2.09. The Balaban J connectivity index is 2.28. The Morgan fingerprint density at radius 2 is 1.89 bits per heavy atom. The first kappa shape index (κ1) is 12.8. The fourth-order valence-electron chi connectivity index (χ4n) is 1.50. The quantitative estimate of drug-likeness (QED) is 0.794. The molecule has 0 N–H and O–H groups in total. The summed E-state index contributed by atoms with van der Waals surface area (Å²) in [7, 11) is -3.67. The Labute approximate surface area is 106 Å². The van der Waals surface area contributed by atoms with Gasteiger partial charge in [-0.25, -0.2) is 4.68 Å². The third kappa shape index (κ3) is 2.77. The molecule has 6 heteroatoms. The van der Waals surface area contributed by atoms with Crippen molar-refractivity contribution < 1.29 is 12.6 Å². The van der Waals surface area contributed by atoms with Crippen LogP contribution in [0.5, 0.6) is 0 Å². The Bertz CT molecular complexity index is 601. The molecule has 0 aliphatic rings. The molecule has 0 unspecified atom stereocenters. The first-order valence-corrected chi connectivity index (χ1v) is 6.93. The molecule has 0 fully saturated rings. The lowest BCUT2D eigenvalue weighted by molar-refractivity contribution is 0.249. The second-order valence-electron chi connectivity index (χ2n) is 4.04. The van der Waals surface area contributed by atoms with Crippen molar-refractivity contribution in [3.8, 4) is 5.69 Å². The van der Waals surface area contributed by atoms with E-state index in [1.54, 1.807) is 49.1 Å². The van der Waals surface area contributed by atoms with Crippen molar-refractivity contribution in [3.63, 3.8) is 0 Å². The van der Waals surface area contributed by atoms with Crippen molar-refractivity contribution in [3.05, 3.63) is 42.7 Å². The average molecular weight is 266 g/mol. The lowest BCUT2D eigenvalue weighted by atomic mass is 10.3. The standard InChI is InChI=1S/C12H14N2O3S/c1-10(2)17-18(15,16)12-6-4-11(5-7-12)14-9-3-8-13-14/h3-10H,1-2H3. The van der Waals surface area contributed by atoms with Crippen LogP contribution in [0.1, 0.15) is 13.8 Å². The van der Waals surface area contributed by atoms with Crippen molar-refractivity contribution in [2.24, 2.45) is 0 Å². The maximum absolute atomic E-state index is 11.8. The van der Waals surface area contributed by atoms with Crippen LogP contribution in [-0.2, 0) is 14.3 Å². The summed E-state index contributed by atoms with van der Waals surface area (Å²) in [6.45, 7) is 3.35. The molecule has 0 radical (unpaired) electrons. The monoisotopic (exact) mass is 266 g/mol. The molecule has 18 heavy (non-hydrogen) atoms. The summed E-state index contributed by atoms with van der Waals surface area (Å²) in [6, 6.07) is 8.18. The molecule has 0 spiro atoms. The molecular weight excluding hydrogens is 252 g/mol. The van der Waals surface area contributed by atoms with E-state index in [1.807, 2.05) is 0 Å². The normalized spacial score (nSPS) is 11.9. The Hall–Kier alpha value is -1.66. The number of nitrogens with zero attached hydrogens (tertiary/aromatic N) is 2. The molecule has 0 saturated carbocycles. The van der Waals surface area contributed by atoms with Crippen LogP contribution in [0.3, 0.4) is 0 Å². The average Bonchev–Trinajstić information content (AvgIpc) is 2.81. The molecule has 0 aliphatic heterocycles. The Kier molecular flexibility index (Phi) is 3.49. The van der Waals surface area contributed by atoms with Crippen LogP contribution in [0, 0.1) is 0 Å². The van der Waals surface area contributed by atoms with E-state index in [1.165, 1.54) is 12.1 Å². The topological polar surface area (TPSA) is 61.2 Å². The van der Waals surface area contributed by atoms with E-state index in [2.05, 4.69) is 5.10 Å². The molecule has 5 nitrogen and oxygen atoms in total. The SMILES string of the molecule is CC(C)OS(=O)(=O)c1ccc(-n2cccn2)cc1. The Morgan fingerprint density at radius 1 is 1.22 bits per heavy atom. The van der Waals surface area contributed by atoms with Gasteiger partial charge in [-0.15, -0.1) is 0 Å². The molecule has 0 bridgehead atoms. The summed E-state index contributed by atoms with van der Waals surface area (Å²) < 4.78 is 30.1. The number of aromatic nitrogens is 2. The van der Waals surface area contributed by atoms with Gasteiger partial charge < -0.3 is 0 Å². The summed E-state index contributed by atoms with van der Waals surface area (Å²) in [5.74, 6) is 0. The molecule has 96 valence electrons. The second kappa shape index (κ2) is 4.91. The van der Waals surface area contributed by atoms with Crippen molar-refractivity contribution >= 4 is 10.1 Å². The maximum Gasteiger partial charge on any atom is 0.297 e. The highest BCUT2D eigenvalue weighted by Crippen LogP contribution is 2.16. The van der Waals surface area contributed by atoms with Crippen LogP contribution in [0.15, 0.2) is 47.6 Å². The van der Waals surface area contributed by atoms with Gasteiger partial charge in [0.1, 0.15) is 0 Å². The highest BCUT2D eigenvalue weighted by atomic mass is 32.2. The van der Waals surface area contributed by atoms with Crippen molar-refractivity contribution in [1.82, 2.24) is 9.78 Å². The molecule has 0 amide bonds. The molecule has 2 aromatic rings. The summed E-state index contributed by atoms with van der Waals surface area (Å²) in [5.41, 5.74) is 0.795. The number of hydrogen-bond acceptors (Lipinski definition) is 4. The summed E-state index contributed by atoms with van der Waals surface area (Å²) in [5, 5.41) is 4.06. The van der Waals surface area contributed by atoms with Gasteiger partial charge in [0.15, 0.2) is 0 Å². The van der Waals surface area contributed by atoms with Crippen LogP contribution in [0.4, 0.5) is 0 Å². The second-order valence-corrected chi connectivity index (χ2v) is 5.62. The highest BCUT2D eigenvalue weighted by Gasteiger charge is 2.16. The third-order valence-electron chi connectivity index (χ3n) is 2.21. The first-order valence-electron chi connectivity index (χ1n) is 5.52. The molecule has 0 aliphatic carbocycles. The number of rotatable bonds is 4. The zero-order valence-electron chi connectivity index (χ0n) is 10.1. The van der Waals surface area contributed by atoms with Crippen molar-refractivity contribution in [2.75, 3.05) is 0 Å². The van der Waals surface area contributed by atoms with Crippen molar-refractivity contribution in [1.29, 1.82) is 0 Å². The van der Waals surface area contributed by atoms with Gasteiger partial charge in [-0.2, -0.15) is 13.5 Å². The minimum absolute atomic E-state index is 0.145. The van der Waals surface area contributed by atoms with Gasteiger partial charge in [0.05, 0.1) is 16.7 Å². The van der Waals surface area contributed by atoms with Gasteiger partial charge in [0, 0.05) is 12.4 Å². The predicted molar refractivity (Wildman–Crippen MR) is 67.0 cm³/mol. The largest absolute Gasteiger partial charge is 0.297 e. The first-order chi connectivity index (χ1) is 8.49. The zero-order chi connectivity index (χ0) is 13.2. The summed E-state index contributed by atoms with van der Waals surface area (Å²) in [6.07, 6.45) is 3.07. The van der Waals surface area contributed by atoms with Gasteiger partial charge in [-0.1, -0.05) is 0 Å². The number of hydrogen-bond donors (Lipinski definition) is 0. The highest BCUT2D eigenvalue weighted by molar-refractivity contribution is 7.86. The molecule has 1 aromatic carbocycles.